The van der Waals surface area contributed by atoms with Gasteiger partial charge in [0.2, 0.25) is 5.91 Å². The summed E-state index contributed by atoms with van der Waals surface area (Å²) in [7, 11) is 1.23. The highest BCUT2D eigenvalue weighted by Crippen LogP contribution is 2.33. The van der Waals surface area contributed by atoms with Gasteiger partial charge in [0.05, 0.1) is 13.7 Å². The van der Waals surface area contributed by atoms with Crippen molar-refractivity contribution < 1.29 is 23.5 Å². The van der Waals surface area contributed by atoms with Crippen molar-refractivity contribution in [3.05, 3.63) is 47.5 Å². The largest absolute Gasteiger partial charge is 0.464 e. The second kappa shape index (κ2) is 8.13. The Morgan fingerprint density at radius 1 is 1.19 bits per heavy atom. The van der Waals surface area contributed by atoms with Gasteiger partial charge in [-0.3, -0.25) is 19.2 Å². The van der Waals surface area contributed by atoms with Gasteiger partial charge in [-0.15, -0.1) is 0 Å². The molecule has 9 heteroatoms. The summed E-state index contributed by atoms with van der Waals surface area (Å²) in [4.78, 5) is 40.3. The van der Waals surface area contributed by atoms with E-state index in [0.29, 0.717) is 5.69 Å². The molecule has 2 aliphatic rings. The van der Waals surface area contributed by atoms with Crippen LogP contribution in [0.2, 0.25) is 0 Å². The van der Waals surface area contributed by atoms with Crippen molar-refractivity contribution in [2.24, 2.45) is 0 Å². The number of fused-ring (bicyclic) bond motifs is 1. The number of nitrogens with zero attached hydrogens (tertiary/aromatic N) is 3. The van der Waals surface area contributed by atoms with E-state index in [2.05, 4.69) is 10.4 Å². The summed E-state index contributed by atoms with van der Waals surface area (Å²) in [6.07, 6.45) is 5.04. The van der Waals surface area contributed by atoms with E-state index in [4.69, 9.17) is 4.74 Å². The molecule has 0 unspecified atom stereocenters. The highest BCUT2D eigenvalue weighted by molar-refractivity contribution is 6.12. The number of carbonyl (C=O) groups is 3. The summed E-state index contributed by atoms with van der Waals surface area (Å²) in [6.45, 7) is 1.70. The Hall–Kier alpha value is -3.23. The van der Waals surface area contributed by atoms with E-state index in [1.165, 1.54) is 47.0 Å². The van der Waals surface area contributed by atoms with E-state index in [-0.39, 0.29) is 29.9 Å². The molecule has 1 atom stereocenters. The van der Waals surface area contributed by atoms with Crippen LogP contribution in [0.4, 0.5) is 10.1 Å². The van der Waals surface area contributed by atoms with E-state index < -0.39 is 23.2 Å². The zero-order valence-electron chi connectivity index (χ0n) is 17.6. The Morgan fingerprint density at radius 2 is 1.87 bits per heavy atom. The molecule has 4 rings (SSSR count). The molecule has 1 aromatic heterocycles. The molecule has 164 valence electrons. The average molecular weight is 428 g/mol. The van der Waals surface area contributed by atoms with Gasteiger partial charge in [-0.05, 0) is 44.0 Å². The lowest BCUT2D eigenvalue weighted by molar-refractivity contribution is -0.127. The summed E-state index contributed by atoms with van der Waals surface area (Å²) in [5.41, 5.74) is -0.784. The molecule has 1 aromatic carbocycles. The predicted molar refractivity (Wildman–Crippen MR) is 110 cm³/mol. The maximum Gasteiger partial charge on any atom is 0.358 e. The van der Waals surface area contributed by atoms with E-state index in [1.807, 2.05) is 0 Å². The minimum absolute atomic E-state index is 0.0122. The van der Waals surface area contributed by atoms with Crippen molar-refractivity contribution in [3.63, 3.8) is 0 Å². The topological polar surface area (TPSA) is 93.5 Å². The van der Waals surface area contributed by atoms with Gasteiger partial charge >= 0.3 is 5.97 Å². The lowest BCUT2D eigenvalue weighted by atomic mass is 9.91. The van der Waals surface area contributed by atoms with Gasteiger partial charge in [-0.25, -0.2) is 9.18 Å². The summed E-state index contributed by atoms with van der Waals surface area (Å²) >= 11 is 0. The summed E-state index contributed by atoms with van der Waals surface area (Å²) in [6, 6.07) is 6.82. The molecular formula is C22H25FN4O4. The number of hydrogen-bond acceptors (Lipinski definition) is 5. The van der Waals surface area contributed by atoms with Gasteiger partial charge in [0, 0.05) is 17.8 Å². The monoisotopic (exact) mass is 428 g/mol. The van der Waals surface area contributed by atoms with Crippen molar-refractivity contribution in [3.8, 4) is 0 Å². The van der Waals surface area contributed by atoms with Crippen LogP contribution < -0.4 is 10.2 Å². The standard InChI is InChI=1S/C22H25FN4O4/c1-22(21(30)24-15-6-4-3-5-7-15)13-26-18(12-17(25-26)20(29)31-2)19(28)27(22)16-10-8-14(23)9-11-16/h8-12,15H,3-7,13H2,1-2H3,(H,24,30)/t22-/m0/s1. The highest BCUT2D eigenvalue weighted by Gasteiger charge is 2.49. The minimum atomic E-state index is -1.32. The molecule has 2 amide bonds. The van der Waals surface area contributed by atoms with Crippen LogP contribution in [0.5, 0.6) is 0 Å². The number of aromatic nitrogens is 2. The van der Waals surface area contributed by atoms with Crippen molar-refractivity contribution >= 4 is 23.5 Å². The molecule has 0 radical (unpaired) electrons. The smallest absolute Gasteiger partial charge is 0.358 e. The summed E-state index contributed by atoms with van der Waals surface area (Å²) < 4.78 is 19.6. The van der Waals surface area contributed by atoms with Gasteiger partial charge in [0.15, 0.2) is 5.69 Å². The van der Waals surface area contributed by atoms with Gasteiger partial charge < -0.3 is 10.1 Å². The Morgan fingerprint density at radius 3 is 2.52 bits per heavy atom. The molecule has 1 N–H and O–H groups in total. The van der Waals surface area contributed by atoms with E-state index in [9.17, 15) is 18.8 Å². The normalized spacial score (nSPS) is 21.5. The van der Waals surface area contributed by atoms with E-state index in [1.54, 1.807) is 6.92 Å². The van der Waals surface area contributed by atoms with Crippen LogP contribution in [0.15, 0.2) is 30.3 Å². The van der Waals surface area contributed by atoms with Crippen LogP contribution in [0.3, 0.4) is 0 Å². The SMILES string of the molecule is COC(=O)c1cc2n(n1)C[C@@](C)(C(=O)NC1CCCCC1)N(c1ccc(F)cc1)C2=O. The maximum absolute atomic E-state index is 13.5. The quantitative estimate of drug-likeness (QED) is 0.756. The third-order valence-electron chi connectivity index (χ3n) is 6.06. The molecule has 8 nitrogen and oxygen atoms in total. The third kappa shape index (κ3) is 3.80. The number of nitrogens with one attached hydrogen (secondary N) is 1. The summed E-state index contributed by atoms with van der Waals surface area (Å²) in [5.74, 6) is -1.92. The van der Waals surface area contributed by atoms with Gasteiger partial charge in [0.25, 0.3) is 5.91 Å². The second-order valence-electron chi connectivity index (χ2n) is 8.26. The van der Waals surface area contributed by atoms with E-state index in [0.717, 1.165) is 32.1 Å². The van der Waals surface area contributed by atoms with Gasteiger partial charge in [0.1, 0.15) is 17.1 Å². The molecule has 0 saturated heterocycles. The van der Waals surface area contributed by atoms with E-state index >= 15 is 0 Å². The van der Waals surface area contributed by atoms with Crippen molar-refractivity contribution in [2.45, 2.75) is 57.2 Å². The minimum Gasteiger partial charge on any atom is -0.464 e. The maximum atomic E-state index is 13.5. The third-order valence-corrected chi connectivity index (χ3v) is 6.06. The number of esters is 1. The number of benzene rings is 1. The number of ether oxygens (including phenoxy) is 1. The van der Waals surface area contributed by atoms with Crippen LogP contribution >= 0.6 is 0 Å². The number of hydrogen-bond donors (Lipinski definition) is 1. The predicted octanol–water partition coefficient (Wildman–Crippen LogP) is 2.68. The fourth-order valence-corrected chi connectivity index (χ4v) is 4.37. The lowest BCUT2D eigenvalue weighted by Gasteiger charge is -2.44. The van der Waals surface area contributed by atoms with Crippen LogP contribution in [0.1, 0.15) is 60.0 Å². The number of halogens is 1. The molecule has 1 aliphatic carbocycles. The zero-order chi connectivity index (χ0) is 22.2. The Balaban J connectivity index is 1.75. The molecular weight excluding hydrogens is 403 g/mol. The molecule has 31 heavy (non-hydrogen) atoms. The van der Waals surface area contributed by atoms with Gasteiger partial charge in [-0.1, -0.05) is 19.3 Å². The van der Waals surface area contributed by atoms with Gasteiger partial charge in [-0.2, -0.15) is 5.10 Å². The number of anilines is 1. The number of methoxy groups -OCH3 is 1. The fraction of sp³-hybridized carbons (Fsp3) is 0.455. The van der Waals surface area contributed by atoms with Crippen LogP contribution in [-0.4, -0.2) is 46.3 Å². The van der Waals surface area contributed by atoms with Crippen molar-refractivity contribution in [1.82, 2.24) is 15.1 Å². The molecule has 2 heterocycles. The summed E-state index contributed by atoms with van der Waals surface area (Å²) in [5, 5.41) is 7.29. The molecule has 0 bridgehead atoms. The average Bonchev–Trinajstić information content (AvgIpc) is 3.19. The number of rotatable bonds is 4. The second-order valence-corrected chi connectivity index (χ2v) is 8.26. The van der Waals surface area contributed by atoms with Crippen LogP contribution in [0.25, 0.3) is 0 Å². The van der Waals surface area contributed by atoms with Crippen LogP contribution in [-0.2, 0) is 16.1 Å². The van der Waals surface area contributed by atoms with Crippen molar-refractivity contribution in [1.29, 1.82) is 0 Å². The number of carbonyl (C=O) groups excluding carboxylic acids is 3. The first kappa shape index (κ1) is 21.0. The Labute approximate surface area is 179 Å². The molecule has 1 fully saturated rings. The number of amides is 2. The lowest BCUT2D eigenvalue weighted by Crippen LogP contribution is -2.65. The first-order valence-corrected chi connectivity index (χ1v) is 10.4. The Bertz CT molecular complexity index is 1010. The fourth-order valence-electron chi connectivity index (χ4n) is 4.37. The molecule has 0 spiro atoms. The molecule has 2 aromatic rings. The molecule has 1 saturated carbocycles. The van der Waals surface area contributed by atoms with Crippen molar-refractivity contribution in [2.75, 3.05) is 12.0 Å². The molecule has 1 aliphatic heterocycles. The first-order chi connectivity index (χ1) is 14.8. The van der Waals surface area contributed by atoms with Crippen LogP contribution in [0, 0.1) is 5.82 Å². The first-order valence-electron chi connectivity index (χ1n) is 10.4. The zero-order valence-corrected chi connectivity index (χ0v) is 17.6. The Kier molecular flexibility index (Phi) is 5.51. The highest BCUT2D eigenvalue weighted by atomic mass is 19.1.